The molecule has 1 aliphatic rings. The Hall–Kier alpha value is -2.83. The number of hydrogen-bond donors (Lipinski definition) is 1. The van der Waals surface area contributed by atoms with E-state index in [0.717, 1.165) is 29.8 Å². The van der Waals surface area contributed by atoms with Crippen LogP contribution >= 0.6 is 11.6 Å². The van der Waals surface area contributed by atoms with Gasteiger partial charge in [-0.15, -0.1) is 0 Å². The van der Waals surface area contributed by atoms with Gasteiger partial charge in [-0.3, -0.25) is 4.79 Å². The summed E-state index contributed by atoms with van der Waals surface area (Å²) in [5, 5.41) is 8.20. The maximum atomic E-state index is 12.8. The first-order valence-electron chi connectivity index (χ1n) is 9.92. The van der Waals surface area contributed by atoms with Gasteiger partial charge >= 0.3 is 0 Å². The number of carbonyl (C=O) groups excluding carboxylic acids is 1. The van der Waals surface area contributed by atoms with Gasteiger partial charge in [0, 0.05) is 36.4 Å². The second-order valence-corrected chi connectivity index (χ2v) is 7.87. The summed E-state index contributed by atoms with van der Waals surface area (Å²) >= 11 is 6.23. The lowest BCUT2D eigenvalue weighted by atomic mass is 9.74. The van der Waals surface area contributed by atoms with Crippen molar-refractivity contribution in [1.29, 1.82) is 0 Å². The zero-order chi connectivity index (χ0) is 21.0. The highest BCUT2D eigenvalue weighted by Gasteiger charge is 2.35. The van der Waals surface area contributed by atoms with Crippen LogP contribution in [0.15, 0.2) is 60.8 Å². The van der Waals surface area contributed by atoms with Gasteiger partial charge in [0.1, 0.15) is 5.75 Å². The van der Waals surface area contributed by atoms with Gasteiger partial charge in [-0.2, -0.15) is 5.10 Å². The number of amides is 1. The predicted molar refractivity (Wildman–Crippen MR) is 116 cm³/mol. The first kappa shape index (κ1) is 20.4. The highest BCUT2D eigenvalue weighted by Crippen LogP contribution is 2.35. The van der Waals surface area contributed by atoms with E-state index in [1.54, 1.807) is 24.1 Å². The summed E-state index contributed by atoms with van der Waals surface area (Å²) in [6.45, 7) is 1.83. The molecule has 1 fully saturated rings. The van der Waals surface area contributed by atoms with Crippen molar-refractivity contribution >= 4 is 17.5 Å². The quantitative estimate of drug-likeness (QED) is 0.648. The molecule has 1 aromatic heterocycles. The first-order valence-corrected chi connectivity index (χ1v) is 10.3. The molecule has 2 aromatic carbocycles. The smallest absolute Gasteiger partial charge is 0.271 e. The van der Waals surface area contributed by atoms with Gasteiger partial charge in [-0.1, -0.05) is 23.7 Å². The van der Waals surface area contributed by atoms with Crippen molar-refractivity contribution in [2.45, 2.75) is 18.3 Å². The van der Waals surface area contributed by atoms with E-state index in [0.29, 0.717) is 30.5 Å². The van der Waals surface area contributed by atoms with Crippen molar-refractivity contribution in [3.63, 3.8) is 0 Å². The van der Waals surface area contributed by atoms with Crippen LogP contribution in [-0.2, 0) is 10.2 Å². The maximum Gasteiger partial charge on any atom is 0.271 e. The summed E-state index contributed by atoms with van der Waals surface area (Å²) in [7, 11) is 1.62. The van der Waals surface area contributed by atoms with Gasteiger partial charge in [0.2, 0.25) is 0 Å². The number of ether oxygens (including phenoxy) is 2. The summed E-state index contributed by atoms with van der Waals surface area (Å²) in [5.74, 6) is 0.571. The Labute approximate surface area is 180 Å². The molecule has 6 nitrogen and oxygen atoms in total. The molecule has 30 heavy (non-hydrogen) atoms. The molecule has 0 bridgehead atoms. The first-order chi connectivity index (χ1) is 14.6. The molecule has 1 aliphatic heterocycles. The number of hydrogen-bond acceptors (Lipinski definition) is 4. The van der Waals surface area contributed by atoms with Crippen LogP contribution in [-0.4, -0.2) is 42.6 Å². The molecule has 0 saturated carbocycles. The Morgan fingerprint density at radius 2 is 1.97 bits per heavy atom. The fourth-order valence-corrected chi connectivity index (χ4v) is 4.00. The molecule has 4 rings (SSSR count). The highest BCUT2D eigenvalue weighted by molar-refractivity contribution is 6.30. The molecule has 0 atom stereocenters. The van der Waals surface area contributed by atoms with Gasteiger partial charge in [0.15, 0.2) is 5.69 Å². The SMILES string of the molecule is COc1ccc(-n2ccc(C(=O)NCC3(c4cccc(Cl)c4)CCOCC3)n2)cc1. The lowest BCUT2D eigenvalue weighted by Gasteiger charge is -2.38. The average molecular weight is 426 g/mol. The fourth-order valence-electron chi connectivity index (χ4n) is 3.81. The van der Waals surface area contributed by atoms with Gasteiger partial charge in [0.05, 0.1) is 12.8 Å². The molecule has 1 N–H and O–H groups in total. The molecule has 156 valence electrons. The van der Waals surface area contributed by atoms with E-state index < -0.39 is 0 Å². The zero-order valence-electron chi connectivity index (χ0n) is 16.8. The maximum absolute atomic E-state index is 12.8. The zero-order valence-corrected chi connectivity index (χ0v) is 17.6. The minimum atomic E-state index is -0.199. The predicted octanol–water partition coefficient (Wildman–Crippen LogP) is 4.01. The van der Waals surface area contributed by atoms with Gasteiger partial charge in [-0.05, 0) is 60.9 Å². The molecule has 7 heteroatoms. The Kier molecular flexibility index (Phi) is 6.06. The van der Waals surface area contributed by atoms with Crippen molar-refractivity contribution in [3.8, 4) is 11.4 Å². The van der Waals surface area contributed by atoms with Crippen LogP contribution < -0.4 is 10.1 Å². The van der Waals surface area contributed by atoms with Crippen LogP contribution in [0.1, 0.15) is 28.9 Å². The Bertz CT molecular complexity index is 1010. The highest BCUT2D eigenvalue weighted by atomic mass is 35.5. The monoisotopic (exact) mass is 425 g/mol. The summed E-state index contributed by atoms with van der Waals surface area (Å²) < 4.78 is 12.4. The van der Waals surface area contributed by atoms with E-state index in [4.69, 9.17) is 21.1 Å². The third-order valence-corrected chi connectivity index (χ3v) is 5.87. The van der Waals surface area contributed by atoms with E-state index in [1.807, 2.05) is 42.5 Å². The van der Waals surface area contributed by atoms with Gasteiger partial charge in [0.25, 0.3) is 5.91 Å². The lowest BCUT2D eigenvalue weighted by Crippen LogP contribution is -2.44. The van der Waals surface area contributed by atoms with Crippen molar-refractivity contribution in [2.24, 2.45) is 0 Å². The average Bonchev–Trinajstić information content (AvgIpc) is 3.29. The topological polar surface area (TPSA) is 65.4 Å². The molecule has 1 saturated heterocycles. The Morgan fingerprint density at radius 3 is 2.67 bits per heavy atom. The number of nitrogens with zero attached hydrogens (tertiary/aromatic N) is 2. The van der Waals surface area contributed by atoms with Gasteiger partial charge in [-0.25, -0.2) is 4.68 Å². The lowest BCUT2D eigenvalue weighted by molar-refractivity contribution is 0.0486. The number of nitrogens with one attached hydrogen (secondary N) is 1. The van der Waals surface area contributed by atoms with Crippen LogP contribution in [0.4, 0.5) is 0 Å². The Morgan fingerprint density at radius 1 is 1.20 bits per heavy atom. The molecule has 0 spiro atoms. The molecule has 2 heterocycles. The number of benzene rings is 2. The normalized spacial score (nSPS) is 15.5. The molecule has 0 radical (unpaired) electrons. The second-order valence-electron chi connectivity index (χ2n) is 7.43. The third kappa shape index (κ3) is 4.35. The van der Waals surface area contributed by atoms with Crippen LogP contribution in [0.5, 0.6) is 5.75 Å². The van der Waals surface area contributed by atoms with E-state index in [9.17, 15) is 4.79 Å². The number of rotatable bonds is 6. The molecular weight excluding hydrogens is 402 g/mol. The molecule has 3 aromatic rings. The fraction of sp³-hybridized carbons (Fsp3) is 0.304. The van der Waals surface area contributed by atoms with Crippen molar-refractivity contribution in [2.75, 3.05) is 26.9 Å². The second kappa shape index (κ2) is 8.90. The van der Waals surface area contributed by atoms with Crippen molar-refractivity contribution in [1.82, 2.24) is 15.1 Å². The standard InChI is InChI=1S/C23H24ClN3O3/c1-29-20-7-5-19(6-8-20)27-12-9-21(26-27)22(28)25-16-23(10-13-30-14-11-23)17-3-2-4-18(24)15-17/h2-9,12,15H,10-11,13-14,16H2,1H3,(H,25,28). The molecular formula is C23H24ClN3O3. The van der Waals surface area contributed by atoms with Gasteiger partial charge < -0.3 is 14.8 Å². The molecule has 0 aliphatic carbocycles. The number of halogens is 1. The number of methoxy groups -OCH3 is 1. The van der Waals surface area contributed by atoms with Crippen LogP contribution in [0.25, 0.3) is 5.69 Å². The Balaban J connectivity index is 1.48. The van der Waals surface area contributed by atoms with E-state index >= 15 is 0 Å². The summed E-state index contributed by atoms with van der Waals surface area (Å²) in [4.78, 5) is 12.8. The van der Waals surface area contributed by atoms with E-state index in [-0.39, 0.29) is 11.3 Å². The third-order valence-electron chi connectivity index (χ3n) is 5.63. The minimum absolute atomic E-state index is 0.197. The van der Waals surface area contributed by atoms with Crippen LogP contribution in [0.3, 0.4) is 0 Å². The van der Waals surface area contributed by atoms with E-state index in [2.05, 4.69) is 16.5 Å². The molecule has 0 unspecified atom stereocenters. The van der Waals surface area contributed by atoms with Crippen molar-refractivity contribution < 1.29 is 14.3 Å². The molecule has 1 amide bonds. The summed E-state index contributed by atoms with van der Waals surface area (Å²) in [6.07, 6.45) is 3.43. The van der Waals surface area contributed by atoms with E-state index in [1.165, 1.54) is 0 Å². The minimum Gasteiger partial charge on any atom is -0.497 e. The van der Waals surface area contributed by atoms with Crippen LogP contribution in [0, 0.1) is 0 Å². The van der Waals surface area contributed by atoms with Crippen molar-refractivity contribution in [3.05, 3.63) is 77.1 Å². The summed E-state index contributed by atoms with van der Waals surface area (Å²) in [6, 6.07) is 17.1. The number of carbonyl (C=O) groups is 1. The largest absolute Gasteiger partial charge is 0.497 e. The number of aromatic nitrogens is 2. The summed E-state index contributed by atoms with van der Waals surface area (Å²) in [5.41, 5.74) is 2.16. The van der Waals surface area contributed by atoms with Crippen LogP contribution in [0.2, 0.25) is 5.02 Å².